The average molecular weight is 196 g/mol. The first-order valence-corrected chi connectivity index (χ1v) is 5.17. The molecule has 0 heterocycles. The second-order valence-corrected chi connectivity index (χ2v) is 4.10. The highest BCUT2D eigenvalue weighted by molar-refractivity contribution is 7.92. The van der Waals surface area contributed by atoms with Crippen LogP contribution in [0, 0.1) is 0 Å². The van der Waals surface area contributed by atoms with Crippen LogP contribution in [0.1, 0.15) is 19.8 Å². The third-order valence-electron chi connectivity index (χ3n) is 1.44. The van der Waals surface area contributed by atoms with Crippen LogP contribution in [0.15, 0.2) is 0 Å². The third kappa shape index (κ3) is 3.92. The molecular weight excluding hydrogens is 183 g/mol. The van der Waals surface area contributed by atoms with Crippen LogP contribution in [0.4, 0.5) is 4.39 Å². The van der Waals surface area contributed by atoms with Gasteiger partial charge in [-0.25, -0.2) is 4.79 Å². The average Bonchev–Trinajstić information content (AvgIpc) is 2.01. The topological polar surface area (TPSA) is 60.4 Å². The molecule has 0 aliphatic carbocycles. The molecule has 2 unspecified atom stereocenters. The van der Waals surface area contributed by atoms with E-state index in [1.165, 1.54) is 0 Å². The molecule has 3 nitrogen and oxygen atoms in total. The smallest absolute Gasteiger partial charge is 0.357 e. The van der Waals surface area contributed by atoms with Crippen molar-refractivity contribution < 1.29 is 18.8 Å². The SMILES string of the molecule is CCC(C(=O)O)[S+]([O-])CCCF. The van der Waals surface area contributed by atoms with Crippen LogP contribution in [0.3, 0.4) is 0 Å². The highest BCUT2D eigenvalue weighted by Crippen LogP contribution is 2.08. The van der Waals surface area contributed by atoms with Gasteiger partial charge in [0.05, 0.1) is 6.67 Å². The number of carbonyl (C=O) groups is 1. The number of aliphatic carboxylic acids is 1. The fourth-order valence-electron chi connectivity index (χ4n) is 0.812. The minimum atomic E-state index is -1.43. The molecule has 0 aliphatic heterocycles. The minimum Gasteiger partial charge on any atom is -0.616 e. The van der Waals surface area contributed by atoms with Gasteiger partial charge in [-0.15, -0.1) is 0 Å². The third-order valence-corrected chi connectivity index (χ3v) is 3.30. The molecule has 0 aromatic carbocycles. The van der Waals surface area contributed by atoms with Gasteiger partial charge in [0.2, 0.25) is 5.25 Å². The van der Waals surface area contributed by atoms with Crippen molar-refractivity contribution in [2.45, 2.75) is 25.0 Å². The number of halogens is 1. The summed E-state index contributed by atoms with van der Waals surface area (Å²) < 4.78 is 22.8. The van der Waals surface area contributed by atoms with Gasteiger partial charge in [-0.3, -0.25) is 4.39 Å². The number of carboxylic acid groups (broad SMARTS) is 1. The maximum absolute atomic E-state index is 11.6. The monoisotopic (exact) mass is 196 g/mol. The van der Waals surface area contributed by atoms with Crippen LogP contribution in [0.2, 0.25) is 0 Å². The molecule has 2 atom stereocenters. The van der Waals surface area contributed by atoms with E-state index in [4.69, 9.17) is 5.11 Å². The van der Waals surface area contributed by atoms with Crippen LogP contribution in [-0.4, -0.2) is 33.3 Å². The second kappa shape index (κ2) is 6.25. The molecule has 1 N–H and O–H groups in total. The summed E-state index contributed by atoms with van der Waals surface area (Å²) in [7, 11) is 0. The predicted octanol–water partition coefficient (Wildman–Crippen LogP) is 0.958. The van der Waals surface area contributed by atoms with Gasteiger partial charge < -0.3 is 9.66 Å². The summed E-state index contributed by atoms with van der Waals surface area (Å²) in [5.74, 6) is -0.920. The molecule has 0 aromatic heterocycles. The second-order valence-electron chi connectivity index (χ2n) is 2.36. The standard InChI is InChI=1S/C7H13FO3S/c1-2-6(7(9)10)12(11)5-3-4-8/h6H,2-5H2,1H3,(H,9,10). The normalized spacial score (nSPS) is 15.6. The van der Waals surface area contributed by atoms with Crippen molar-refractivity contribution in [3.8, 4) is 0 Å². The zero-order chi connectivity index (χ0) is 9.56. The van der Waals surface area contributed by atoms with Crippen molar-refractivity contribution >= 4 is 17.1 Å². The Labute approximate surface area is 74.1 Å². The summed E-state index contributed by atoms with van der Waals surface area (Å²) in [6.07, 6.45) is 0.505. The van der Waals surface area contributed by atoms with E-state index >= 15 is 0 Å². The van der Waals surface area contributed by atoms with Crippen LogP contribution in [0.5, 0.6) is 0 Å². The van der Waals surface area contributed by atoms with Crippen molar-refractivity contribution in [2.24, 2.45) is 0 Å². The number of carboxylic acids is 1. The Balaban J connectivity index is 3.85. The summed E-state index contributed by atoms with van der Waals surface area (Å²) in [6, 6.07) is 0. The molecule has 0 aliphatic rings. The molecule has 0 rings (SSSR count). The summed E-state index contributed by atoms with van der Waals surface area (Å²) in [5.41, 5.74) is 0. The Bertz CT molecular complexity index is 143. The van der Waals surface area contributed by atoms with E-state index in [0.717, 1.165) is 0 Å². The lowest BCUT2D eigenvalue weighted by molar-refractivity contribution is -0.136. The van der Waals surface area contributed by atoms with E-state index in [1.807, 2.05) is 0 Å². The van der Waals surface area contributed by atoms with Crippen LogP contribution >= 0.6 is 0 Å². The van der Waals surface area contributed by atoms with E-state index < -0.39 is 29.1 Å². The van der Waals surface area contributed by atoms with Gasteiger partial charge in [0.1, 0.15) is 5.75 Å². The molecule has 0 aromatic rings. The van der Waals surface area contributed by atoms with Crippen LogP contribution in [0.25, 0.3) is 0 Å². The number of hydrogen-bond acceptors (Lipinski definition) is 2. The van der Waals surface area contributed by atoms with Crippen molar-refractivity contribution in [3.05, 3.63) is 0 Å². The molecule has 0 bridgehead atoms. The molecule has 0 radical (unpaired) electrons. The summed E-state index contributed by atoms with van der Waals surface area (Å²) >= 11 is -1.43. The van der Waals surface area contributed by atoms with Crippen LogP contribution < -0.4 is 0 Å². The lowest BCUT2D eigenvalue weighted by atomic mass is 10.3. The minimum absolute atomic E-state index is 0.140. The molecule has 0 amide bonds. The summed E-state index contributed by atoms with van der Waals surface area (Å²) in [6.45, 7) is 1.12. The largest absolute Gasteiger partial charge is 0.616 e. The zero-order valence-electron chi connectivity index (χ0n) is 6.96. The van der Waals surface area contributed by atoms with Crippen LogP contribution in [-0.2, 0) is 16.0 Å². The quantitative estimate of drug-likeness (QED) is 0.643. The van der Waals surface area contributed by atoms with Gasteiger partial charge in [-0.1, -0.05) is 6.92 Å². The Hall–Kier alpha value is -0.290. The van der Waals surface area contributed by atoms with Crippen molar-refractivity contribution in [1.82, 2.24) is 0 Å². The first-order chi connectivity index (χ1) is 5.63. The number of alkyl halides is 1. The molecule has 0 spiro atoms. The maximum atomic E-state index is 11.6. The van der Waals surface area contributed by atoms with Gasteiger partial charge >= 0.3 is 5.97 Å². The van der Waals surface area contributed by atoms with E-state index in [-0.39, 0.29) is 12.2 Å². The molecule has 0 saturated heterocycles. The Morgan fingerprint density at radius 3 is 2.67 bits per heavy atom. The van der Waals surface area contributed by atoms with Crippen molar-refractivity contribution in [1.29, 1.82) is 0 Å². The number of rotatable bonds is 6. The summed E-state index contributed by atoms with van der Waals surface area (Å²) in [4.78, 5) is 10.4. The van der Waals surface area contributed by atoms with E-state index in [0.29, 0.717) is 6.42 Å². The lowest BCUT2D eigenvalue weighted by Crippen LogP contribution is -2.31. The Morgan fingerprint density at radius 2 is 2.33 bits per heavy atom. The highest BCUT2D eigenvalue weighted by Gasteiger charge is 2.27. The van der Waals surface area contributed by atoms with Gasteiger partial charge in [-0.2, -0.15) is 0 Å². The molecule has 0 saturated carbocycles. The first kappa shape index (κ1) is 11.7. The van der Waals surface area contributed by atoms with Gasteiger partial charge in [-0.05, 0) is 11.2 Å². The molecule has 72 valence electrons. The predicted molar refractivity (Wildman–Crippen MR) is 45.3 cm³/mol. The van der Waals surface area contributed by atoms with Gasteiger partial charge in [0, 0.05) is 12.8 Å². The van der Waals surface area contributed by atoms with Crippen molar-refractivity contribution in [2.75, 3.05) is 12.4 Å². The van der Waals surface area contributed by atoms with E-state index in [1.54, 1.807) is 6.92 Å². The van der Waals surface area contributed by atoms with Gasteiger partial charge in [0.25, 0.3) is 0 Å². The van der Waals surface area contributed by atoms with E-state index in [9.17, 15) is 13.7 Å². The Morgan fingerprint density at radius 1 is 1.75 bits per heavy atom. The van der Waals surface area contributed by atoms with E-state index in [2.05, 4.69) is 0 Å². The molecule has 12 heavy (non-hydrogen) atoms. The number of hydrogen-bond donors (Lipinski definition) is 1. The first-order valence-electron chi connectivity index (χ1n) is 3.79. The zero-order valence-corrected chi connectivity index (χ0v) is 7.77. The highest BCUT2D eigenvalue weighted by atomic mass is 32.2. The Kier molecular flexibility index (Phi) is 6.10. The van der Waals surface area contributed by atoms with Crippen molar-refractivity contribution in [3.63, 3.8) is 0 Å². The fraction of sp³-hybridized carbons (Fsp3) is 0.857. The maximum Gasteiger partial charge on any atom is 0.357 e. The fourth-order valence-corrected chi connectivity index (χ4v) is 2.09. The van der Waals surface area contributed by atoms with Gasteiger partial charge in [0.15, 0.2) is 0 Å². The molecule has 0 fully saturated rings. The summed E-state index contributed by atoms with van der Waals surface area (Å²) in [5, 5.41) is 7.72. The molecular formula is C7H13FO3S. The molecule has 5 heteroatoms. The lowest BCUT2D eigenvalue weighted by Gasteiger charge is -2.15.